The number of aromatic nitrogens is 2. The van der Waals surface area contributed by atoms with Crippen LogP contribution in [0.1, 0.15) is 45.8 Å². The molecule has 1 saturated heterocycles. The van der Waals surface area contributed by atoms with Gasteiger partial charge in [0.15, 0.2) is 0 Å². The molecule has 1 aromatic heterocycles. The average molecular weight is 386 g/mol. The lowest BCUT2D eigenvalue weighted by Gasteiger charge is -2.32. The number of likely N-dealkylation sites (tertiary alicyclic amines) is 1. The molecule has 4 heteroatoms. The van der Waals surface area contributed by atoms with E-state index in [0.717, 1.165) is 43.9 Å². The van der Waals surface area contributed by atoms with Gasteiger partial charge in [0.1, 0.15) is 5.82 Å². The Hall–Kier alpha value is -3.01. The molecule has 1 aliphatic rings. The van der Waals surface area contributed by atoms with E-state index in [0.29, 0.717) is 17.9 Å². The highest BCUT2D eigenvalue weighted by Crippen LogP contribution is 2.23. The molecule has 0 saturated carbocycles. The van der Waals surface area contributed by atoms with Gasteiger partial charge in [-0.25, -0.2) is 9.97 Å². The Kier molecular flexibility index (Phi) is 5.99. The molecular weight excluding hydrogens is 358 g/mol. The van der Waals surface area contributed by atoms with Crippen LogP contribution in [-0.2, 0) is 12.8 Å². The summed E-state index contributed by atoms with van der Waals surface area (Å²) in [7, 11) is 0. The number of hydrogen-bond donors (Lipinski definition) is 0. The van der Waals surface area contributed by atoms with Crippen molar-refractivity contribution in [1.82, 2.24) is 14.9 Å². The van der Waals surface area contributed by atoms with Gasteiger partial charge < -0.3 is 4.90 Å². The third kappa shape index (κ3) is 4.89. The Bertz CT molecular complexity index is 948. The number of carbonyl (C=O) groups excluding carboxylic acids is 1. The predicted molar refractivity (Wildman–Crippen MR) is 115 cm³/mol. The number of piperidine rings is 1. The Morgan fingerprint density at radius 2 is 1.59 bits per heavy atom. The summed E-state index contributed by atoms with van der Waals surface area (Å²) in [6.07, 6.45) is 5.58. The predicted octanol–water partition coefficient (Wildman–Crippen LogP) is 4.47. The zero-order valence-electron chi connectivity index (χ0n) is 16.9. The topological polar surface area (TPSA) is 46.1 Å². The monoisotopic (exact) mass is 385 g/mol. The van der Waals surface area contributed by atoms with Gasteiger partial charge in [-0.3, -0.25) is 4.79 Å². The Morgan fingerprint density at radius 3 is 2.21 bits per heavy atom. The van der Waals surface area contributed by atoms with Gasteiger partial charge in [-0.15, -0.1) is 0 Å². The third-order valence-corrected chi connectivity index (χ3v) is 5.73. The fraction of sp³-hybridized carbons (Fsp3) is 0.320. The van der Waals surface area contributed by atoms with Gasteiger partial charge in [-0.1, -0.05) is 60.7 Å². The van der Waals surface area contributed by atoms with Crippen molar-refractivity contribution in [2.45, 2.75) is 32.6 Å². The van der Waals surface area contributed by atoms with Gasteiger partial charge in [0.2, 0.25) is 0 Å². The van der Waals surface area contributed by atoms with Crippen molar-refractivity contribution in [3.63, 3.8) is 0 Å². The highest BCUT2D eigenvalue weighted by atomic mass is 16.2. The zero-order valence-corrected chi connectivity index (χ0v) is 16.9. The lowest BCUT2D eigenvalue weighted by molar-refractivity contribution is 0.0689. The van der Waals surface area contributed by atoms with Crippen LogP contribution in [0.4, 0.5) is 0 Å². The molecule has 0 radical (unpaired) electrons. The fourth-order valence-corrected chi connectivity index (χ4v) is 4.05. The number of hydrogen-bond acceptors (Lipinski definition) is 3. The van der Waals surface area contributed by atoms with E-state index < -0.39 is 0 Å². The highest BCUT2D eigenvalue weighted by molar-refractivity contribution is 5.95. The molecule has 0 aliphatic carbocycles. The number of amides is 1. The Morgan fingerprint density at radius 1 is 0.966 bits per heavy atom. The Labute approximate surface area is 172 Å². The van der Waals surface area contributed by atoms with Crippen LogP contribution in [0.25, 0.3) is 0 Å². The molecule has 0 unspecified atom stereocenters. The van der Waals surface area contributed by atoms with Crippen molar-refractivity contribution in [1.29, 1.82) is 0 Å². The first kappa shape index (κ1) is 19.3. The standard InChI is InChI=1S/C25H27N3O/c1-19-23(18-26-24(27-19)17-21-10-6-3-7-11-21)25(29)28-14-12-22(13-15-28)16-20-8-4-2-5-9-20/h2-11,18,22H,12-17H2,1H3. The normalized spacial score (nSPS) is 14.7. The van der Waals surface area contributed by atoms with Crippen molar-refractivity contribution in [3.8, 4) is 0 Å². The molecule has 4 rings (SSSR count). The summed E-state index contributed by atoms with van der Waals surface area (Å²) < 4.78 is 0. The summed E-state index contributed by atoms with van der Waals surface area (Å²) in [4.78, 5) is 24.0. The smallest absolute Gasteiger partial charge is 0.257 e. The quantitative estimate of drug-likeness (QED) is 0.651. The lowest BCUT2D eigenvalue weighted by atomic mass is 9.90. The number of nitrogens with zero attached hydrogens (tertiary/aromatic N) is 3. The molecule has 3 aromatic rings. The maximum absolute atomic E-state index is 13.0. The molecule has 2 heterocycles. The molecule has 148 valence electrons. The summed E-state index contributed by atoms with van der Waals surface area (Å²) >= 11 is 0. The second-order valence-corrected chi connectivity index (χ2v) is 7.87. The molecular formula is C25H27N3O. The van der Waals surface area contributed by atoms with Gasteiger partial charge >= 0.3 is 0 Å². The minimum Gasteiger partial charge on any atom is -0.339 e. The van der Waals surface area contributed by atoms with E-state index in [2.05, 4.69) is 52.4 Å². The van der Waals surface area contributed by atoms with Crippen molar-refractivity contribution in [2.75, 3.05) is 13.1 Å². The number of carbonyl (C=O) groups is 1. The fourth-order valence-electron chi connectivity index (χ4n) is 4.05. The number of aryl methyl sites for hydroxylation is 1. The first-order chi connectivity index (χ1) is 14.2. The van der Waals surface area contributed by atoms with Crippen molar-refractivity contribution in [2.24, 2.45) is 5.92 Å². The van der Waals surface area contributed by atoms with Gasteiger partial charge in [-0.05, 0) is 43.2 Å². The molecule has 0 N–H and O–H groups in total. The van der Waals surface area contributed by atoms with Crippen LogP contribution in [0.5, 0.6) is 0 Å². The van der Waals surface area contributed by atoms with E-state index in [1.54, 1.807) is 6.20 Å². The van der Waals surface area contributed by atoms with Crippen LogP contribution < -0.4 is 0 Å². The molecule has 0 atom stereocenters. The van der Waals surface area contributed by atoms with E-state index >= 15 is 0 Å². The van der Waals surface area contributed by atoms with Crippen molar-refractivity contribution >= 4 is 5.91 Å². The SMILES string of the molecule is Cc1nc(Cc2ccccc2)ncc1C(=O)N1CCC(Cc2ccccc2)CC1. The molecule has 2 aromatic carbocycles. The van der Waals surface area contributed by atoms with Crippen LogP contribution in [0.3, 0.4) is 0 Å². The molecule has 0 spiro atoms. The molecule has 4 nitrogen and oxygen atoms in total. The van der Waals surface area contributed by atoms with Crippen molar-refractivity contribution < 1.29 is 4.79 Å². The number of benzene rings is 2. The van der Waals surface area contributed by atoms with E-state index in [-0.39, 0.29) is 5.91 Å². The van der Waals surface area contributed by atoms with Gasteiger partial charge in [0.25, 0.3) is 5.91 Å². The zero-order chi connectivity index (χ0) is 20.1. The van der Waals surface area contributed by atoms with Gasteiger partial charge in [-0.2, -0.15) is 0 Å². The second kappa shape index (κ2) is 8.99. The first-order valence-corrected chi connectivity index (χ1v) is 10.4. The van der Waals surface area contributed by atoms with E-state index in [1.807, 2.05) is 30.0 Å². The van der Waals surface area contributed by atoms with Crippen molar-refractivity contribution in [3.05, 3.63) is 95.1 Å². The van der Waals surface area contributed by atoms with E-state index in [9.17, 15) is 4.79 Å². The minimum atomic E-state index is 0.0620. The van der Waals surface area contributed by atoms with Crippen LogP contribution in [0.2, 0.25) is 0 Å². The molecule has 0 bridgehead atoms. The van der Waals surface area contributed by atoms with Crippen LogP contribution >= 0.6 is 0 Å². The first-order valence-electron chi connectivity index (χ1n) is 10.4. The van der Waals surface area contributed by atoms with Gasteiger partial charge in [0.05, 0.1) is 11.3 Å². The van der Waals surface area contributed by atoms with Crippen LogP contribution in [0, 0.1) is 12.8 Å². The Balaban J connectivity index is 1.36. The largest absolute Gasteiger partial charge is 0.339 e. The van der Waals surface area contributed by atoms with Gasteiger partial charge in [0, 0.05) is 25.7 Å². The summed E-state index contributed by atoms with van der Waals surface area (Å²) in [6.45, 7) is 3.52. The lowest BCUT2D eigenvalue weighted by Crippen LogP contribution is -2.39. The highest BCUT2D eigenvalue weighted by Gasteiger charge is 2.25. The van der Waals surface area contributed by atoms with Crippen LogP contribution in [0.15, 0.2) is 66.9 Å². The minimum absolute atomic E-state index is 0.0620. The molecule has 1 fully saturated rings. The molecule has 29 heavy (non-hydrogen) atoms. The summed E-state index contributed by atoms with van der Waals surface area (Å²) in [6, 6.07) is 20.8. The van der Waals surface area contributed by atoms with Crippen LogP contribution in [-0.4, -0.2) is 33.9 Å². The third-order valence-electron chi connectivity index (χ3n) is 5.73. The maximum atomic E-state index is 13.0. The second-order valence-electron chi connectivity index (χ2n) is 7.87. The molecule has 1 amide bonds. The average Bonchev–Trinajstić information content (AvgIpc) is 2.75. The van der Waals surface area contributed by atoms with E-state index in [4.69, 9.17) is 0 Å². The summed E-state index contributed by atoms with van der Waals surface area (Å²) in [5.74, 6) is 1.46. The summed E-state index contributed by atoms with van der Waals surface area (Å²) in [5.41, 5.74) is 3.95. The van der Waals surface area contributed by atoms with E-state index in [1.165, 1.54) is 11.1 Å². The maximum Gasteiger partial charge on any atom is 0.257 e. The molecule has 1 aliphatic heterocycles. The summed E-state index contributed by atoms with van der Waals surface area (Å²) in [5, 5.41) is 0. The number of rotatable bonds is 5.